The Morgan fingerprint density at radius 3 is 2.48 bits per heavy atom. The Hall–Kier alpha value is -3.47. The van der Waals surface area contributed by atoms with Crippen LogP contribution < -0.4 is 4.74 Å². The fourth-order valence-electron chi connectivity index (χ4n) is 2.52. The van der Waals surface area contributed by atoms with Crippen LogP contribution in [0.3, 0.4) is 0 Å². The lowest BCUT2D eigenvalue weighted by atomic mass is 10.1. The lowest BCUT2D eigenvalue weighted by molar-refractivity contribution is -0.384. The second-order valence-corrected chi connectivity index (χ2v) is 6.31. The average molecular weight is 360 g/mol. The van der Waals surface area contributed by atoms with Crippen molar-refractivity contribution < 1.29 is 9.66 Å². The normalized spacial score (nSPS) is 10.9. The second-order valence-electron chi connectivity index (χ2n) is 6.31. The lowest BCUT2D eigenvalue weighted by Gasteiger charge is -2.07. The van der Waals surface area contributed by atoms with Gasteiger partial charge in [0.1, 0.15) is 12.4 Å². The molecule has 0 radical (unpaired) electrons. The van der Waals surface area contributed by atoms with Gasteiger partial charge in [-0.05, 0) is 72.5 Å². The monoisotopic (exact) mass is 360 g/mol. The topological polar surface area (TPSA) is 64.7 Å². The summed E-state index contributed by atoms with van der Waals surface area (Å²) in [6, 6.07) is 20.1. The molecule has 0 saturated heterocycles. The zero-order chi connectivity index (χ0) is 19.2. The van der Waals surface area contributed by atoms with Gasteiger partial charge in [0.05, 0.1) is 10.6 Å². The van der Waals surface area contributed by atoms with Gasteiger partial charge < -0.3 is 4.74 Å². The molecular formula is C22H20N2O3. The highest BCUT2D eigenvalue weighted by Crippen LogP contribution is 2.19. The van der Waals surface area contributed by atoms with Crippen LogP contribution in [0.5, 0.6) is 5.75 Å². The Kier molecular flexibility index (Phi) is 5.61. The van der Waals surface area contributed by atoms with E-state index in [1.165, 1.54) is 23.3 Å². The van der Waals surface area contributed by atoms with E-state index in [2.05, 4.69) is 31.0 Å². The van der Waals surface area contributed by atoms with Gasteiger partial charge in [-0.1, -0.05) is 18.2 Å². The lowest BCUT2D eigenvalue weighted by Crippen LogP contribution is -1.96. The van der Waals surface area contributed by atoms with E-state index in [1.807, 2.05) is 36.5 Å². The van der Waals surface area contributed by atoms with Crippen LogP contribution in [0.25, 0.3) is 0 Å². The molecule has 5 nitrogen and oxygen atoms in total. The highest BCUT2D eigenvalue weighted by molar-refractivity contribution is 5.82. The molecule has 0 fully saturated rings. The summed E-state index contributed by atoms with van der Waals surface area (Å²) in [5.74, 6) is 0.720. The molecule has 5 heteroatoms. The maximum Gasteiger partial charge on any atom is 0.269 e. The number of nitro groups is 1. The molecule has 27 heavy (non-hydrogen) atoms. The first-order valence-corrected chi connectivity index (χ1v) is 8.59. The van der Waals surface area contributed by atoms with Crippen LogP contribution in [0.4, 0.5) is 11.4 Å². The summed E-state index contributed by atoms with van der Waals surface area (Å²) in [6.07, 6.45) is 1.81. The fraction of sp³-hybridized carbons (Fsp3) is 0.136. The maximum atomic E-state index is 10.7. The number of ether oxygens (including phenoxy) is 1. The van der Waals surface area contributed by atoms with Gasteiger partial charge in [-0.2, -0.15) is 0 Å². The molecule has 3 aromatic carbocycles. The van der Waals surface area contributed by atoms with Gasteiger partial charge in [0.2, 0.25) is 0 Å². The van der Waals surface area contributed by atoms with Crippen molar-refractivity contribution in [1.29, 1.82) is 0 Å². The number of hydrogen-bond donors (Lipinski definition) is 0. The van der Waals surface area contributed by atoms with Crippen molar-refractivity contribution >= 4 is 17.6 Å². The largest absolute Gasteiger partial charge is 0.489 e. The molecule has 0 aliphatic carbocycles. The van der Waals surface area contributed by atoms with Gasteiger partial charge in [0.25, 0.3) is 5.69 Å². The molecule has 3 rings (SSSR count). The molecule has 136 valence electrons. The number of rotatable bonds is 6. The molecule has 0 N–H and O–H groups in total. The van der Waals surface area contributed by atoms with E-state index in [4.69, 9.17) is 4.74 Å². The van der Waals surface area contributed by atoms with Gasteiger partial charge in [-0.3, -0.25) is 15.1 Å². The van der Waals surface area contributed by atoms with Crippen LogP contribution in [0.2, 0.25) is 0 Å². The SMILES string of the molecule is Cc1ccc(N=Cc2cccc(OCc3ccc([N+](=O)[O-])cc3)c2)cc1C. The number of non-ortho nitro benzene ring substituents is 1. The van der Waals surface area contributed by atoms with E-state index in [0.29, 0.717) is 6.61 Å². The average Bonchev–Trinajstić information content (AvgIpc) is 2.68. The Morgan fingerprint density at radius 1 is 1.00 bits per heavy atom. The minimum Gasteiger partial charge on any atom is -0.489 e. The Labute approximate surface area is 158 Å². The molecular weight excluding hydrogens is 340 g/mol. The molecule has 0 aromatic heterocycles. The summed E-state index contributed by atoms with van der Waals surface area (Å²) >= 11 is 0. The molecule has 3 aromatic rings. The molecule has 0 bridgehead atoms. The second kappa shape index (κ2) is 8.27. The van der Waals surface area contributed by atoms with Gasteiger partial charge in [-0.25, -0.2) is 0 Å². The molecule has 0 atom stereocenters. The fourth-order valence-corrected chi connectivity index (χ4v) is 2.52. The smallest absolute Gasteiger partial charge is 0.269 e. The molecule has 0 aliphatic heterocycles. The Bertz CT molecular complexity index is 979. The highest BCUT2D eigenvalue weighted by atomic mass is 16.6. The first kappa shape index (κ1) is 18.3. The summed E-state index contributed by atoms with van der Waals surface area (Å²) in [6.45, 7) is 4.49. The van der Waals surface area contributed by atoms with Crippen molar-refractivity contribution in [3.8, 4) is 5.75 Å². The third kappa shape index (κ3) is 5.01. The van der Waals surface area contributed by atoms with Crippen molar-refractivity contribution in [2.75, 3.05) is 0 Å². The number of nitrogens with zero attached hydrogens (tertiary/aromatic N) is 2. The predicted molar refractivity (Wildman–Crippen MR) is 107 cm³/mol. The Balaban J connectivity index is 1.65. The molecule has 0 spiro atoms. The van der Waals surface area contributed by atoms with Crippen LogP contribution in [-0.2, 0) is 6.61 Å². The van der Waals surface area contributed by atoms with Gasteiger partial charge in [0, 0.05) is 18.3 Å². The molecule has 0 unspecified atom stereocenters. The zero-order valence-electron chi connectivity index (χ0n) is 15.3. The highest BCUT2D eigenvalue weighted by Gasteiger charge is 2.04. The van der Waals surface area contributed by atoms with E-state index < -0.39 is 4.92 Å². The van der Waals surface area contributed by atoms with Gasteiger partial charge >= 0.3 is 0 Å². The minimum absolute atomic E-state index is 0.0725. The van der Waals surface area contributed by atoms with Crippen LogP contribution in [0, 0.1) is 24.0 Å². The van der Waals surface area contributed by atoms with Crippen LogP contribution in [0.15, 0.2) is 71.7 Å². The van der Waals surface area contributed by atoms with E-state index in [1.54, 1.807) is 12.1 Å². The van der Waals surface area contributed by atoms with Crippen molar-refractivity contribution in [3.05, 3.63) is 99.1 Å². The van der Waals surface area contributed by atoms with Crippen molar-refractivity contribution in [2.24, 2.45) is 4.99 Å². The maximum absolute atomic E-state index is 10.7. The third-order valence-electron chi connectivity index (χ3n) is 4.26. The standard InChI is InChI=1S/C22H20N2O3/c1-16-6-9-20(12-17(16)2)23-14-19-4-3-5-22(13-19)27-15-18-7-10-21(11-8-18)24(25)26/h3-14H,15H2,1-2H3. The quantitative estimate of drug-likeness (QED) is 0.329. The van der Waals surface area contributed by atoms with Gasteiger partial charge in [-0.15, -0.1) is 0 Å². The number of aliphatic imine (C=N–C) groups is 1. The van der Waals surface area contributed by atoms with Crippen LogP contribution >= 0.6 is 0 Å². The number of nitro benzene ring substituents is 1. The van der Waals surface area contributed by atoms with Crippen molar-refractivity contribution in [3.63, 3.8) is 0 Å². The van der Waals surface area contributed by atoms with Crippen LogP contribution in [-0.4, -0.2) is 11.1 Å². The van der Waals surface area contributed by atoms with Crippen molar-refractivity contribution in [2.45, 2.75) is 20.5 Å². The van der Waals surface area contributed by atoms with E-state index in [0.717, 1.165) is 22.6 Å². The molecule has 0 aliphatic rings. The first-order valence-electron chi connectivity index (χ1n) is 8.59. The third-order valence-corrected chi connectivity index (χ3v) is 4.26. The number of hydrogen-bond acceptors (Lipinski definition) is 4. The Morgan fingerprint density at radius 2 is 1.78 bits per heavy atom. The van der Waals surface area contributed by atoms with Gasteiger partial charge in [0.15, 0.2) is 0 Å². The molecule has 0 saturated carbocycles. The summed E-state index contributed by atoms with van der Waals surface area (Å²) in [7, 11) is 0. The first-order chi connectivity index (χ1) is 13.0. The zero-order valence-corrected chi connectivity index (χ0v) is 15.3. The van der Waals surface area contributed by atoms with E-state index in [9.17, 15) is 10.1 Å². The van der Waals surface area contributed by atoms with Crippen molar-refractivity contribution in [1.82, 2.24) is 0 Å². The van der Waals surface area contributed by atoms with E-state index in [-0.39, 0.29) is 5.69 Å². The number of benzene rings is 3. The summed E-state index contributed by atoms with van der Waals surface area (Å²) in [5, 5.41) is 10.7. The molecule has 0 heterocycles. The predicted octanol–water partition coefficient (Wildman–Crippen LogP) is 5.54. The minimum atomic E-state index is -0.414. The number of aryl methyl sites for hydroxylation is 2. The summed E-state index contributed by atoms with van der Waals surface area (Å²) in [5.41, 5.74) is 5.25. The van der Waals surface area contributed by atoms with E-state index >= 15 is 0 Å². The summed E-state index contributed by atoms with van der Waals surface area (Å²) < 4.78 is 5.79. The van der Waals surface area contributed by atoms with Crippen LogP contribution in [0.1, 0.15) is 22.3 Å². The summed E-state index contributed by atoms with van der Waals surface area (Å²) in [4.78, 5) is 14.8. The molecule has 0 amide bonds.